The van der Waals surface area contributed by atoms with Gasteiger partial charge >= 0.3 is 0 Å². The van der Waals surface area contributed by atoms with E-state index in [4.69, 9.17) is 11.6 Å². The molecule has 132 valence electrons. The van der Waals surface area contributed by atoms with Gasteiger partial charge in [0.1, 0.15) is 5.82 Å². The van der Waals surface area contributed by atoms with E-state index in [9.17, 15) is 17.6 Å². The first-order chi connectivity index (χ1) is 11.9. The first-order valence-electron chi connectivity index (χ1n) is 7.87. The maximum Gasteiger partial charge on any atom is 0.257 e. The Labute approximate surface area is 151 Å². The number of amides is 1. The summed E-state index contributed by atoms with van der Waals surface area (Å²) in [5, 5.41) is 0.481. The quantitative estimate of drug-likeness (QED) is 0.816. The molecule has 25 heavy (non-hydrogen) atoms. The normalized spacial score (nSPS) is 18.9. The summed E-state index contributed by atoms with van der Waals surface area (Å²) in [7, 11) is -3.19. The van der Waals surface area contributed by atoms with Crippen LogP contribution in [0.2, 0.25) is 5.02 Å². The van der Waals surface area contributed by atoms with E-state index in [1.54, 1.807) is 30.3 Å². The Bertz CT molecular complexity index is 901. The Balaban J connectivity index is 1.96. The second kappa shape index (κ2) is 7.14. The van der Waals surface area contributed by atoms with E-state index in [2.05, 4.69) is 0 Å². The molecule has 0 unspecified atom stereocenters. The van der Waals surface area contributed by atoms with Crippen molar-refractivity contribution in [2.24, 2.45) is 0 Å². The van der Waals surface area contributed by atoms with Gasteiger partial charge in [-0.3, -0.25) is 4.79 Å². The summed E-state index contributed by atoms with van der Waals surface area (Å²) < 4.78 is 37.8. The Hall–Kier alpha value is -1.92. The van der Waals surface area contributed by atoms with E-state index in [1.807, 2.05) is 0 Å². The molecule has 3 rings (SSSR count). The first-order valence-corrected chi connectivity index (χ1v) is 10.1. The predicted molar refractivity (Wildman–Crippen MR) is 94.8 cm³/mol. The summed E-state index contributed by atoms with van der Waals surface area (Å²) >= 11 is 6.18. The molecule has 0 N–H and O–H groups in total. The summed E-state index contributed by atoms with van der Waals surface area (Å²) in [6, 6.07) is 12.2. The third kappa shape index (κ3) is 4.02. The summed E-state index contributed by atoms with van der Waals surface area (Å²) in [4.78, 5) is 14.3. The molecular formula is C18H17ClFNO3S. The Kier molecular flexibility index (Phi) is 5.11. The number of rotatable bonds is 4. The van der Waals surface area contributed by atoms with Crippen LogP contribution in [0.25, 0.3) is 0 Å². The minimum Gasteiger partial charge on any atom is -0.330 e. The van der Waals surface area contributed by atoms with Gasteiger partial charge in [-0.15, -0.1) is 0 Å². The molecule has 0 saturated carbocycles. The molecular weight excluding hydrogens is 365 g/mol. The first kappa shape index (κ1) is 17.9. The number of hydrogen-bond acceptors (Lipinski definition) is 3. The maximum atomic E-state index is 14.1. The van der Waals surface area contributed by atoms with Gasteiger partial charge in [0.2, 0.25) is 0 Å². The van der Waals surface area contributed by atoms with Crippen molar-refractivity contribution in [1.82, 2.24) is 4.90 Å². The molecule has 0 radical (unpaired) electrons. The van der Waals surface area contributed by atoms with Gasteiger partial charge < -0.3 is 4.90 Å². The number of carbonyl (C=O) groups is 1. The lowest BCUT2D eigenvalue weighted by molar-refractivity contribution is 0.0676. The minimum atomic E-state index is -3.19. The van der Waals surface area contributed by atoms with Gasteiger partial charge in [0, 0.05) is 17.6 Å². The maximum absolute atomic E-state index is 14.1. The summed E-state index contributed by atoms with van der Waals surface area (Å²) in [5.74, 6) is -1.24. The highest BCUT2D eigenvalue weighted by atomic mass is 35.5. The van der Waals surface area contributed by atoms with Crippen LogP contribution in [0, 0.1) is 5.82 Å². The fraction of sp³-hybridized carbons (Fsp3) is 0.278. The Morgan fingerprint density at radius 3 is 2.48 bits per heavy atom. The third-order valence-electron chi connectivity index (χ3n) is 4.31. The lowest BCUT2D eigenvalue weighted by Crippen LogP contribution is -2.41. The van der Waals surface area contributed by atoms with Crippen LogP contribution in [0.15, 0.2) is 48.5 Å². The fourth-order valence-corrected chi connectivity index (χ4v) is 4.91. The molecule has 1 fully saturated rings. The predicted octanol–water partition coefficient (Wildman–Crippen LogP) is 3.31. The van der Waals surface area contributed by atoms with Gasteiger partial charge in [-0.25, -0.2) is 12.8 Å². The summed E-state index contributed by atoms with van der Waals surface area (Å²) in [6.45, 7) is 0.132. The van der Waals surface area contributed by atoms with Crippen molar-refractivity contribution in [3.63, 3.8) is 0 Å². The van der Waals surface area contributed by atoms with E-state index in [1.165, 1.54) is 23.1 Å². The lowest BCUT2D eigenvalue weighted by Gasteiger charge is -2.29. The molecule has 0 aromatic heterocycles. The molecule has 1 atom stereocenters. The van der Waals surface area contributed by atoms with Crippen molar-refractivity contribution in [2.45, 2.75) is 19.0 Å². The number of nitrogens with zero attached hydrogens (tertiary/aromatic N) is 1. The van der Waals surface area contributed by atoms with Crippen LogP contribution in [0.4, 0.5) is 4.39 Å². The van der Waals surface area contributed by atoms with E-state index in [0.29, 0.717) is 17.0 Å². The van der Waals surface area contributed by atoms with Gasteiger partial charge in [0.15, 0.2) is 9.84 Å². The molecule has 1 aliphatic rings. The SMILES string of the molecule is O=C(c1ccccc1F)N(Cc1ccccc1Cl)[C@@H]1CCS(=O)(=O)C1. The largest absolute Gasteiger partial charge is 0.330 e. The Morgan fingerprint density at radius 2 is 1.84 bits per heavy atom. The van der Waals surface area contributed by atoms with Gasteiger partial charge in [-0.2, -0.15) is 0 Å². The van der Waals surface area contributed by atoms with Crippen molar-refractivity contribution in [3.8, 4) is 0 Å². The average Bonchev–Trinajstić information content (AvgIpc) is 2.94. The van der Waals surface area contributed by atoms with Crippen LogP contribution >= 0.6 is 11.6 Å². The molecule has 1 heterocycles. The van der Waals surface area contributed by atoms with E-state index in [0.717, 1.165) is 0 Å². The zero-order valence-corrected chi connectivity index (χ0v) is 14.9. The smallest absolute Gasteiger partial charge is 0.257 e. The van der Waals surface area contributed by atoms with Crippen LogP contribution in [-0.4, -0.2) is 36.8 Å². The van der Waals surface area contributed by atoms with Gasteiger partial charge in [0.05, 0.1) is 17.1 Å². The molecule has 2 aromatic carbocycles. The van der Waals surface area contributed by atoms with Crippen LogP contribution < -0.4 is 0 Å². The fourth-order valence-electron chi connectivity index (χ4n) is 2.99. The van der Waals surface area contributed by atoms with E-state index < -0.39 is 27.6 Å². The lowest BCUT2D eigenvalue weighted by atomic mass is 10.1. The zero-order chi connectivity index (χ0) is 18.0. The molecule has 1 amide bonds. The second-order valence-corrected chi connectivity index (χ2v) is 8.70. The van der Waals surface area contributed by atoms with Crippen molar-refractivity contribution in [2.75, 3.05) is 11.5 Å². The van der Waals surface area contributed by atoms with E-state index >= 15 is 0 Å². The standard InChI is InChI=1S/C18H17ClFNO3S/c19-16-7-3-1-5-13(16)11-21(14-9-10-25(23,24)12-14)18(22)15-6-2-4-8-17(15)20/h1-8,14H,9-12H2/t14-/m1/s1. The molecule has 7 heteroatoms. The molecule has 2 aromatic rings. The van der Waals surface area contributed by atoms with Gasteiger partial charge in [-0.05, 0) is 30.2 Å². The van der Waals surface area contributed by atoms with Crippen LogP contribution in [0.3, 0.4) is 0 Å². The van der Waals surface area contributed by atoms with Crippen LogP contribution in [0.1, 0.15) is 22.3 Å². The third-order valence-corrected chi connectivity index (χ3v) is 6.43. The van der Waals surface area contributed by atoms with Crippen molar-refractivity contribution in [1.29, 1.82) is 0 Å². The number of hydrogen-bond donors (Lipinski definition) is 0. The molecule has 1 saturated heterocycles. The topological polar surface area (TPSA) is 54.5 Å². The van der Waals surface area contributed by atoms with Crippen LogP contribution in [-0.2, 0) is 16.4 Å². The molecule has 1 aliphatic heterocycles. The second-order valence-electron chi connectivity index (χ2n) is 6.06. The van der Waals surface area contributed by atoms with Crippen molar-refractivity contribution < 1.29 is 17.6 Å². The molecule has 0 aliphatic carbocycles. The van der Waals surface area contributed by atoms with Crippen molar-refractivity contribution >= 4 is 27.3 Å². The number of carbonyl (C=O) groups excluding carboxylic acids is 1. The minimum absolute atomic E-state index is 0.0290. The number of halogens is 2. The number of benzene rings is 2. The molecule has 0 spiro atoms. The average molecular weight is 382 g/mol. The van der Waals surface area contributed by atoms with Gasteiger partial charge in [0.25, 0.3) is 5.91 Å². The Morgan fingerprint density at radius 1 is 1.16 bits per heavy atom. The van der Waals surface area contributed by atoms with E-state index in [-0.39, 0.29) is 23.6 Å². The van der Waals surface area contributed by atoms with Gasteiger partial charge in [-0.1, -0.05) is 41.9 Å². The monoisotopic (exact) mass is 381 g/mol. The highest BCUT2D eigenvalue weighted by Gasteiger charge is 2.35. The van der Waals surface area contributed by atoms with Crippen LogP contribution in [0.5, 0.6) is 0 Å². The summed E-state index contributed by atoms with van der Waals surface area (Å²) in [6.07, 6.45) is 0.340. The number of sulfone groups is 1. The van der Waals surface area contributed by atoms with Crippen molar-refractivity contribution in [3.05, 3.63) is 70.5 Å². The summed E-state index contributed by atoms with van der Waals surface area (Å²) in [5.41, 5.74) is 0.622. The highest BCUT2D eigenvalue weighted by molar-refractivity contribution is 7.91. The molecule has 4 nitrogen and oxygen atoms in total. The highest BCUT2D eigenvalue weighted by Crippen LogP contribution is 2.25. The molecule has 0 bridgehead atoms. The zero-order valence-electron chi connectivity index (χ0n) is 13.4.